The van der Waals surface area contributed by atoms with Crippen molar-refractivity contribution in [3.05, 3.63) is 90.3 Å². The quantitative estimate of drug-likeness (QED) is 0.510. The molecule has 0 aliphatic carbocycles. The first-order valence-electron chi connectivity index (χ1n) is 9.74. The van der Waals surface area contributed by atoms with Crippen molar-refractivity contribution >= 4 is 34.2 Å². The van der Waals surface area contributed by atoms with Crippen LogP contribution in [0, 0.1) is 0 Å². The highest BCUT2D eigenvalue weighted by Gasteiger charge is 2.14. The highest BCUT2D eigenvalue weighted by atomic mass is 16.2. The fraction of sp³-hybridized carbons (Fsp3) is 0.125. The summed E-state index contributed by atoms with van der Waals surface area (Å²) in [7, 11) is 0. The lowest BCUT2D eigenvalue weighted by atomic mass is 10.1. The van der Waals surface area contributed by atoms with Gasteiger partial charge in [-0.3, -0.25) is 9.59 Å². The molecule has 0 spiro atoms. The minimum absolute atomic E-state index is 0.146. The van der Waals surface area contributed by atoms with E-state index >= 15 is 0 Å². The number of nitrogens with zero attached hydrogens (tertiary/aromatic N) is 2. The fourth-order valence-corrected chi connectivity index (χ4v) is 3.44. The summed E-state index contributed by atoms with van der Waals surface area (Å²) in [6, 6.07) is 25.0. The van der Waals surface area contributed by atoms with Crippen LogP contribution in [-0.4, -0.2) is 21.4 Å². The maximum atomic E-state index is 12.8. The Morgan fingerprint density at radius 2 is 1.57 bits per heavy atom. The minimum Gasteiger partial charge on any atom is -0.326 e. The molecule has 0 radical (unpaired) electrons. The molecule has 2 amide bonds. The Hall–Kier alpha value is -3.93. The average Bonchev–Trinajstić information content (AvgIpc) is 3.05. The van der Waals surface area contributed by atoms with Crippen molar-refractivity contribution in [3.63, 3.8) is 0 Å². The van der Waals surface area contributed by atoms with E-state index in [1.165, 1.54) is 6.92 Å². The summed E-state index contributed by atoms with van der Waals surface area (Å²) in [5.74, 6) is 0.519. The van der Waals surface area contributed by atoms with E-state index in [4.69, 9.17) is 4.98 Å². The lowest BCUT2D eigenvalue weighted by molar-refractivity contribution is -0.116. The summed E-state index contributed by atoms with van der Waals surface area (Å²) in [6.45, 7) is 1.59. The van der Waals surface area contributed by atoms with E-state index < -0.39 is 0 Å². The van der Waals surface area contributed by atoms with Gasteiger partial charge in [-0.25, -0.2) is 4.98 Å². The number of rotatable bonds is 6. The molecule has 1 aromatic heterocycles. The monoisotopic (exact) mass is 398 g/mol. The van der Waals surface area contributed by atoms with E-state index in [0.717, 1.165) is 22.4 Å². The van der Waals surface area contributed by atoms with Crippen molar-refractivity contribution in [2.45, 2.75) is 19.9 Å². The first-order chi connectivity index (χ1) is 14.6. The maximum Gasteiger partial charge on any atom is 0.244 e. The van der Waals surface area contributed by atoms with Crippen LogP contribution in [-0.2, 0) is 22.6 Å². The summed E-state index contributed by atoms with van der Waals surface area (Å²) in [5.41, 5.74) is 4.19. The van der Waals surface area contributed by atoms with E-state index in [9.17, 15) is 9.59 Å². The van der Waals surface area contributed by atoms with Crippen molar-refractivity contribution in [1.29, 1.82) is 0 Å². The summed E-state index contributed by atoms with van der Waals surface area (Å²) in [4.78, 5) is 28.8. The predicted octanol–water partition coefficient (Wildman–Crippen LogP) is 4.22. The van der Waals surface area contributed by atoms with Gasteiger partial charge in [0.25, 0.3) is 0 Å². The van der Waals surface area contributed by atoms with Gasteiger partial charge in [0.2, 0.25) is 11.8 Å². The summed E-state index contributed by atoms with van der Waals surface area (Å²) < 4.78 is 1.95. The fourth-order valence-electron chi connectivity index (χ4n) is 3.44. The molecule has 0 aliphatic rings. The van der Waals surface area contributed by atoms with Crippen molar-refractivity contribution < 1.29 is 9.59 Å². The highest BCUT2D eigenvalue weighted by molar-refractivity contribution is 5.94. The van der Waals surface area contributed by atoms with Gasteiger partial charge in [0, 0.05) is 24.7 Å². The predicted molar refractivity (Wildman–Crippen MR) is 118 cm³/mol. The van der Waals surface area contributed by atoms with Gasteiger partial charge >= 0.3 is 0 Å². The molecule has 4 rings (SSSR count). The average molecular weight is 398 g/mol. The number of hydrogen-bond acceptors (Lipinski definition) is 3. The lowest BCUT2D eigenvalue weighted by Gasteiger charge is -2.11. The Balaban J connectivity index is 1.57. The van der Waals surface area contributed by atoms with Crippen LogP contribution in [0.2, 0.25) is 0 Å². The Kier molecular flexibility index (Phi) is 5.57. The molecule has 6 nitrogen and oxygen atoms in total. The van der Waals surface area contributed by atoms with E-state index in [0.29, 0.717) is 17.8 Å². The number of carbonyl (C=O) groups excluding carboxylic acids is 2. The lowest BCUT2D eigenvalue weighted by Crippen LogP contribution is -2.20. The maximum absolute atomic E-state index is 12.8. The Bertz CT molecular complexity index is 1200. The van der Waals surface area contributed by atoms with Crippen LogP contribution in [0.25, 0.3) is 11.0 Å². The SMILES string of the molecule is CC(=O)Nc1cccc(NC(=O)Cn2c(Cc3ccccc3)nc3ccccc32)c1. The molecule has 0 unspecified atom stereocenters. The summed E-state index contributed by atoms with van der Waals surface area (Å²) in [5, 5.41) is 5.63. The molecule has 0 saturated heterocycles. The second-order valence-electron chi connectivity index (χ2n) is 7.08. The van der Waals surface area contributed by atoms with Gasteiger partial charge in [0.15, 0.2) is 0 Å². The second kappa shape index (κ2) is 8.61. The van der Waals surface area contributed by atoms with Gasteiger partial charge in [0.05, 0.1) is 11.0 Å². The number of nitrogens with one attached hydrogen (secondary N) is 2. The van der Waals surface area contributed by atoms with Crippen molar-refractivity contribution in [2.75, 3.05) is 10.6 Å². The molecule has 2 N–H and O–H groups in total. The first-order valence-corrected chi connectivity index (χ1v) is 9.74. The first kappa shape index (κ1) is 19.4. The van der Waals surface area contributed by atoms with Gasteiger partial charge < -0.3 is 15.2 Å². The van der Waals surface area contributed by atoms with Crippen LogP contribution in [0.1, 0.15) is 18.3 Å². The standard InChI is InChI=1S/C24H22N4O2/c1-17(29)25-19-10-7-11-20(15-19)26-24(30)16-28-22-13-6-5-12-21(22)27-23(28)14-18-8-3-2-4-9-18/h2-13,15H,14,16H2,1H3,(H,25,29)(H,26,30). The number of fused-ring (bicyclic) bond motifs is 1. The summed E-state index contributed by atoms with van der Waals surface area (Å²) >= 11 is 0. The number of amides is 2. The van der Waals surface area contributed by atoms with Crippen molar-refractivity contribution in [2.24, 2.45) is 0 Å². The van der Waals surface area contributed by atoms with Crippen LogP contribution in [0.15, 0.2) is 78.9 Å². The Morgan fingerprint density at radius 1 is 0.867 bits per heavy atom. The molecule has 0 saturated carbocycles. The van der Waals surface area contributed by atoms with Gasteiger partial charge in [-0.05, 0) is 35.9 Å². The number of benzene rings is 3. The number of carbonyl (C=O) groups is 2. The molecule has 30 heavy (non-hydrogen) atoms. The third-order valence-electron chi connectivity index (χ3n) is 4.71. The summed E-state index contributed by atoms with van der Waals surface area (Å²) in [6.07, 6.45) is 0.640. The van der Waals surface area contributed by atoms with E-state index in [1.54, 1.807) is 24.3 Å². The van der Waals surface area contributed by atoms with Gasteiger partial charge in [-0.15, -0.1) is 0 Å². The number of aromatic nitrogens is 2. The molecule has 4 aromatic rings. The molecule has 3 aromatic carbocycles. The van der Waals surface area contributed by atoms with Gasteiger partial charge in [-0.1, -0.05) is 48.5 Å². The van der Waals surface area contributed by atoms with Crippen LogP contribution in [0.5, 0.6) is 0 Å². The number of hydrogen-bond donors (Lipinski definition) is 2. The van der Waals surface area contributed by atoms with Gasteiger partial charge in [-0.2, -0.15) is 0 Å². The molecule has 0 bridgehead atoms. The zero-order valence-corrected chi connectivity index (χ0v) is 16.6. The molecule has 1 heterocycles. The molecule has 0 aliphatic heterocycles. The largest absolute Gasteiger partial charge is 0.326 e. The van der Waals surface area contributed by atoms with Crippen LogP contribution in [0.3, 0.4) is 0 Å². The number of imidazole rings is 1. The zero-order valence-electron chi connectivity index (χ0n) is 16.6. The van der Waals surface area contributed by atoms with E-state index in [1.807, 2.05) is 47.0 Å². The zero-order chi connectivity index (χ0) is 20.9. The highest BCUT2D eigenvalue weighted by Crippen LogP contribution is 2.20. The van der Waals surface area contributed by atoms with E-state index in [2.05, 4.69) is 22.8 Å². The number of para-hydroxylation sites is 2. The third-order valence-corrected chi connectivity index (χ3v) is 4.71. The van der Waals surface area contributed by atoms with Gasteiger partial charge in [0.1, 0.15) is 12.4 Å². The number of anilines is 2. The Labute approximate surface area is 174 Å². The smallest absolute Gasteiger partial charge is 0.244 e. The van der Waals surface area contributed by atoms with E-state index in [-0.39, 0.29) is 18.4 Å². The topological polar surface area (TPSA) is 76.0 Å². The third kappa shape index (κ3) is 4.55. The normalized spacial score (nSPS) is 10.7. The second-order valence-corrected chi connectivity index (χ2v) is 7.08. The van der Waals surface area contributed by atoms with Crippen LogP contribution < -0.4 is 10.6 Å². The molecule has 6 heteroatoms. The Morgan fingerprint density at radius 3 is 2.33 bits per heavy atom. The van der Waals surface area contributed by atoms with Crippen LogP contribution >= 0.6 is 0 Å². The molecular weight excluding hydrogens is 376 g/mol. The van der Waals surface area contributed by atoms with Crippen LogP contribution in [0.4, 0.5) is 11.4 Å². The molecule has 0 fully saturated rings. The molecule has 150 valence electrons. The molecular formula is C24H22N4O2. The van der Waals surface area contributed by atoms with Crippen molar-refractivity contribution in [3.8, 4) is 0 Å². The van der Waals surface area contributed by atoms with Crippen molar-refractivity contribution in [1.82, 2.24) is 9.55 Å². The minimum atomic E-state index is -0.160. The molecule has 0 atom stereocenters.